The van der Waals surface area contributed by atoms with Crippen LogP contribution in [0.5, 0.6) is 11.5 Å². The number of ether oxygens (including phenoxy) is 2. The number of hydrogen-bond acceptors (Lipinski definition) is 8. The Kier molecular flexibility index (Phi) is 5.42. The van der Waals surface area contributed by atoms with Crippen molar-refractivity contribution >= 4 is 22.7 Å². The summed E-state index contributed by atoms with van der Waals surface area (Å²) in [6, 6.07) is 18.7. The van der Waals surface area contributed by atoms with Gasteiger partial charge in [0, 0.05) is 5.56 Å². The second-order valence-corrected chi connectivity index (χ2v) is 8.74. The Hall–Kier alpha value is -4.18. The minimum absolute atomic E-state index is 0.145. The molecule has 35 heavy (non-hydrogen) atoms. The number of nitrogens with zero attached hydrogens (tertiary/aromatic N) is 4. The van der Waals surface area contributed by atoms with Crippen LogP contribution in [0.25, 0.3) is 22.3 Å². The van der Waals surface area contributed by atoms with Crippen LogP contribution in [-0.2, 0) is 12.3 Å². The van der Waals surface area contributed by atoms with Gasteiger partial charge >= 0.3 is 0 Å². The number of fused-ring (bicyclic) bond motifs is 2. The van der Waals surface area contributed by atoms with Gasteiger partial charge in [0.2, 0.25) is 18.5 Å². The molecule has 1 aliphatic heterocycles. The molecular weight excluding hydrogens is 471 g/mol. The average Bonchev–Trinajstić information content (AvgIpc) is 3.55. The molecule has 1 aliphatic rings. The SMILES string of the molecule is O=c1c2ccccc2nc(SCc2nc(-c3ccc(F)cc3)no2)n1Cc1ccc2c(c1)OCO2. The van der Waals surface area contributed by atoms with E-state index in [1.165, 1.54) is 23.9 Å². The monoisotopic (exact) mass is 488 g/mol. The molecular formula is C25H17FN4O4S. The van der Waals surface area contributed by atoms with E-state index in [1.807, 2.05) is 36.4 Å². The standard InChI is InChI=1S/C25H17FN4O4S/c26-17-8-6-16(7-9-17)23-28-22(34-29-23)13-35-25-27-19-4-2-1-3-18(19)24(31)30(25)12-15-5-10-20-21(11-15)33-14-32-20/h1-11H,12-14H2. The van der Waals surface area contributed by atoms with Crippen LogP contribution in [-0.4, -0.2) is 26.5 Å². The summed E-state index contributed by atoms with van der Waals surface area (Å²) in [6.45, 7) is 0.488. The van der Waals surface area contributed by atoms with Crippen molar-refractivity contribution < 1.29 is 18.4 Å². The van der Waals surface area contributed by atoms with Crippen molar-refractivity contribution in [3.63, 3.8) is 0 Å². The van der Waals surface area contributed by atoms with E-state index in [0.29, 0.717) is 57.1 Å². The predicted octanol–water partition coefficient (Wildman–Crippen LogP) is 4.65. The van der Waals surface area contributed by atoms with Crippen molar-refractivity contribution in [1.82, 2.24) is 19.7 Å². The molecule has 3 aromatic carbocycles. The molecule has 0 amide bonds. The predicted molar refractivity (Wildman–Crippen MR) is 127 cm³/mol. The quantitative estimate of drug-likeness (QED) is 0.252. The van der Waals surface area contributed by atoms with Crippen LogP contribution in [0.1, 0.15) is 11.5 Å². The summed E-state index contributed by atoms with van der Waals surface area (Å²) in [5.74, 6) is 2.03. The van der Waals surface area contributed by atoms with E-state index in [0.717, 1.165) is 5.56 Å². The molecule has 0 spiro atoms. The van der Waals surface area contributed by atoms with Crippen LogP contribution >= 0.6 is 11.8 Å². The topological polar surface area (TPSA) is 92.3 Å². The lowest BCUT2D eigenvalue weighted by atomic mass is 10.2. The van der Waals surface area contributed by atoms with Gasteiger partial charge in [-0.2, -0.15) is 4.98 Å². The molecule has 6 rings (SSSR count). The van der Waals surface area contributed by atoms with Gasteiger partial charge in [0.25, 0.3) is 5.56 Å². The van der Waals surface area contributed by atoms with Crippen LogP contribution in [0.3, 0.4) is 0 Å². The smallest absolute Gasteiger partial charge is 0.262 e. The minimum atomic E-state index is -0.337. The van der Waals surface area contributed by atoms with Gasteiger partial charge in [0.15, 0.2) is 16.7 Å². The summed E-state index contributed by atoms with van der Waals surface area (Å²) < 4.78 is 31.1. The molecule has 0 aliphatic carbocycles. The van der Waals surface area contributed by atoms with E-state index in [4.69, 9.17) is 19.0 Å². The fourth-order valence-electron chi connectivity index (χ4n) is 3.78. The highest BCUT2D eigenvalue weighted by molar-refractivity contribution is 7.98. The maximum absolute atomic E-state index is 13.4. The van der Waals surface area contributed by atoms with Crippen LogP contribution in [0.4, 0.5) is 4.39 Å². The molecule has 0 fully saturated rings. The second kappa shape index (κ2) is 8.88. The average molecular weight is 489 g/mol. The molecule has 0 atom stereocenters. The highest BCUT2D eigenvalue weighted by Crippen LogP contribution is 2.33. The van der Waals surface area contributed by atoms with Gasteiger partial charge in [-0.3, -0.25) is 9.36 Å². The third-order valence-corrected chi connectivity index (χ3v) is 6.46. The number of hydrogen-bond donors (Lipinski definition) is 0. The molecule has 0 radical (unpaired) electrons. The van der Waals surface area contributed by atoms with Crippen molar-refractivity contribution in [3.8, 4) is 22.9 Å². The third-order valence-electron chi connectivity index (χ3n) is 5.50. The summed E-state index contributed by atoms with van der Waals surface area (Å²) in [6.07, 6.45) is 0. The molecule has 0 saturated carbocycles. The zero-order chi connectivity index (χ0) is 23.8. The lowest BCUT2D eigenvalue weighted by Crippen LogP contribution is -2.24. The van der Waals surface area contributed by atoms with E-state index in [-0.39, 0.29) is 18.2 Å². The zero-order valence-corrected chi connectivity index (χ0v) is 19.0. The normalized spacial score (nSPS) is 12.4. The van der Waals surface area contributed by atoms with E-state index in [9.17, 15) is 9.18 Å². The molecule has 174 valence electrons. The summed E-state index contributed by atoms with van der Waals surface area (Å²) in [5.41, 5.74) is 1.99. The Morgan fingerprint density at radius 1 is 0.971 bits per heavy atom. The molecule has 10 heteroatoms. The lowest BCUT2D eigenvalue weighted by Gasteiger charge is -2.13. The van der Waals surface area contributed by atoms with Crippen LogP contribution in [0, 0.1) is 5.82 Å². The van der Waals surface area contributed by atoms with Crippen molar-refractivity contribution in [3.05, 3.63) is 94.4 Å². The molecule has 0 saturated heterocycles. The van der Waals surface area contributed by atoms with Crippen molar-refractivity contribution in [2.45, 2.75) is 17.5 Å². The highest BCUT2D eigenvalue weighted by Gasteiger charge is 2.17. The van der Waals surface area contributed by atoms with Crippen molar-refractivity contribution in [1.29, 1.82) is 0 Å². The molecule has 0 unspecified atom stereocenters. The zero-order valence-electron chi connectivity index (χ0n) is 18.2. The van der Waals surface area contributed by atoms with E-state index >= 15 is 0 Å². The van der Waals surface area contributed by atoms with Crippen molar-refractivity contribution in [2.24, 2.45) is 0 Å². The van der Waals surface area contributed by atoms with Gasteiger partial charge in [-0.15, -0.1) is 0 Å². The first-order valence-electron chi connectivity index (χ1n) is 10.7. The molecule has 0 N–H and O–H groups in total. The van der Waals surface area contributed by atoms with Gasteiger partial charge in [-0.25, -0.2) is 9.37 Å². The number of halogens is 1. The Morgan fingerprint density at radius 2 is 1.80 bits per heavy atom. The summed E-state index contributed by atoms with van der Waals surface area (Å²) in [7, 11) is 0. The summed E-state index contributed by atoms with van der Waals surface area (Å²) in [5, 5.41) is 5.04. The number of benzene rings is 3. The van der Waals surface area contributed by atoms with E-state index in [1.54, 1.807) is 22.8 Å². The summed E-state index contributed by atoms with van der Waals surface area (Å²) in [4.78, 5) is 22.5. The molecule has 8 nitrogen and oxygen atoms in total. The van der Waals surface area contributed by atoms with Crippen LogP contribution < -0.4 is 15.0 Å². The first kappa shape index (κ1) is 21.4. The molecule has 2 aromatic heterocycles. The number of thioether (sulfide) groups is 1. The fraction of sp³-hybridized carbons (Fsp3) is 0.120. The Morgan fingerprint density at radius 3 is 2.69 bits per heavy atom. The molecule has 3 heterocycles. The van der Waals surface area contributed by atoms with E-state index in [2.05, 4.69) is 10.1 Å². The van der Waals surface area contributed by atoms with Crippen LogP contribution in [0.2, 0.25) is 0 Å². The first-order chi connectivity index (χ1) is 17.1. The molecule has 0 bridgehead atoms. The van der Waals surface area contributed by atoms with Gasteiger partial charge < -0.3 is 14.0 Å². The Labute approximate surface area is 202 Å². The highest BCUT2D eigenvalue weighted by atomic mass is 32.2. The maximum Gasteiger partial charge on any atom is 0.262 e. The number of aromatic nitrogens is 4. The Bertz CT molecular complexity index is 1600. The van der Waals surface area contributed by atoms with Gasteiger partial charge in [0.05, 0.1) is 23.2 Å². The third kappa shape index (κ3) is 4.24. The van der Waals surface area contributed by atoms with Gasteiger partial charge in [-0.1, -0.05) is 35.1 Å². The van der Waals surface area contributed by atoms with Gasteiger partial charge in [0.1, 0.15) is 5.82 Å². The first-order valence-corrected chi connectivity index (χ1v) is 11.7. The van der Waals surface area contributed by atoms with Crippen molar-refractivity contribution in [2.75, 3.05) is 6.79 Å². The van der Waals surface area contributed by atoms with Crippen LogP contribution in [0.15, 0.2) is 81.2 Å². The largest absolute Gasteiger partial charge is 0.454 e. The fourth-order valence-corrected chi connectivity index (χ4v) is 4.61. The minimum Gasteiger partial charge on any atom is -0.454 e. The lowest BCUT2D eigenvalue weighted by molar-refractivity contribution is 0.174. The van der Waals surface area contributed by atoms with E-state index < -0.39 is 0 Å². The van der Waals surface area contributed by atoms with Gasteiger partial charge in [-0.05, 0) is 54.1 Å². The number of para-hydroxylation sites is 1. The summed E-state index contributed by atoms with van der Waals surface area (Å²) >= 11 is 1.32. The maximum atomic E-state index is 13.4. The number of rotatable bonds is 6. The molecule has 5 aromatic rings. The second-order valence-electron chi connectivity index (χ2n) is 7.80. The Balaban J connectivity index is 1.31.